The molecule has 0 amide bonds. The van der Waals surface area contributed by atoms with Crippen molar-refractivity contribution in [1.82, 2.24) is 4.90 Å². The topological polar surface area (TPSA) is 35.8 Å². The van der Waals surface area contributed by atoms with Crippen molar-refractivity contribution in [3.63, 3.8) is 0 Å². The van der Waals surface area contributed by atoms with E-state index < -0.39 is 0 Å². The highest BCUT2D eigenvalue weighted by Gasteiger charge is 2.29. The molecule has 1 fully saturated rings. The standard InChI is InChI=1S/C19H30N2O/c1-15(20-22)17-10-12-18(13-11-17)19(21(2)3)14-9-16-7-5-4-6-8-16/h4-8,17-19,22H,9-14H2,1-3H3. The summed E-state index contributed by atoms with van der Waals surface area (Å²) < 4.78 is 0. The van der Waals surface area contributed by atoms with Crippen LogP contribution >= 0.6 is 0 Å². The Bertz CT molecular complexity index is 462. The Kier molecular flexibility index (Phi) is 6.44. The van der Waals surface area contributed by atoms with Crippen LogP contribution in [0, 0.1) is 11.8 Å². The molecule has 3 nitrogen and oxygen atoms in total. The Morgan fingerprint density at radius 3 is 2.36 bits per heavy atom. The summed E-state index contributed by atoms with van der Waals surface area (Å²) in [6.45, 7) is 1.95. The highest BCUT2D eigenvalue weighted by Crippen LogP contribution is 2.34. The first-order valence-electron chi connectivity index (χ1n) is 8.50. The molecule has 1 saturated carbocycles. The average molecular weight is 302 g/mol. The van der Waals surface area contributed by atoms with Gasteiger partial charge in [-0.1, -0.05) is 35.5 Å². The smallest absolute Gasteiger partial charge is 0.0570 e. The number of oxime groups is 1. The second kappa shape index (κ2) is 8.33. The van der Waals surface area contributed by atoms with Crippen LogP contribution in [0.4, 0.5) is 0 Å². The predicted molar refractivity (Wildman–Crippen MR) is 92.6 cm³/mol. The quantitative estimate of drug-likeness (QED) is 0.485. The lowest BCUT2D eigenvalue weighted by Crippen LogP contribution is -2.38. The highest BCUT2D eigenvalue weighted by molar-refractivity contribution is 5.83. The van der Waals surface area contributed by atoms with Crippen LogP contribution < -0.4 is 0 Å². The van der Waals surface area contributed by atoms with Crippen LogP contribution in [0.2, 0.25) is 0 Å². The summed E-state index contributed by atoms with van der Waals surface area (Å²) in [6, 6.07) is 11.4. The summed E-state index contributed by atoms with van der Waals surface area (Å²) in [7, 11) is 4.42. The molecule has 1 aromatic carbocycles. The summed E-state index contributed by atoms with van der Waals surface area (Å²) in [4.78, 5) is 2.40. The van der Waals surface area contributed by atoms with Crippen molar-refractivity contribution >= 4 is 5.71 Å². The fourth-order valence-electron chi connectivity index (χ4n) is 3.88. The normalized spacial score (nSPS) is 24.5. The second-order valence-corrected chi connectivity index (χ2v) is 6.91. The Morgan fingerprint density at radius 2 is 1.82 bits per heavy atom. The maximum atomic E-state index is 8.94. The van der Waals surface area contributed by atoms with Crippen LogP contribution in [0.15, 0.2) is 35.5 Å². The van der Waals surface area contributed by atoms with E-state index in [0.29, 0.717) is 12.0 Å². The van der Waals surface area contributed by atoms with Crippen LogP contribution in [0.25, 0.3) is 0 Å². The minimum absolute atomic E-state index is 0.484. The van der Waals surface area contributed by atoms with Crippen molar-refractivity contribution in [3.05, 3.63) is 35.9 Å². The first-order valence-corrected chi connectivity index (χ1v) is 8.50. The largest absolute Gasteiger partial charge is 0.411 e. The Morgan fingerprint density at radius 1 is 1.18 bits per heavy atom. The van der Waals surface area contributed by atoms with Crippen molar-refractivity contribution < 1.29 is 5.21 Å². The van der Waals surface area contributed by atoms with Crippen molar-refractivity contribution in [3.8, 4) is 0 Å². The summed E-state index contributed by atoms with van der Waals surface area (Å²) in [5.41, 5.74) is 2.34. The second-order valence-electron chi connectivity index (χ2n) is 6.91. The molecular formula is C19H30N2O. The molecule has 0 saturated heterocycles. The number of hydrogen-bond acceptors (Lipinski definition) is 3. The van der Waals surface area contributed by atoms with E-state index in [1.54, 1.807) is 0 Å². The molecule has 2 rings (SSSR count). The van der Waals surface area contributed by atoms with E-state index in [4.69, 9.17) is 5.21 Å². The molecule has 1 aliphatic carbocycles. The number of aryl methyl sites for hydroxylation is 1. The van der Waals surface area contributed by atoms with Gasteiger partial charge in [0.2, 0.25) is 0 Å². The minimum atomic E-state index is 0.484. The molecule has 0 heterocycles. The number of rotatable bonds is 6. The monoisotopic (exact) mass is 302 g/mol. The molecule has 3 heteroatoms. The lowest BCUT2D eigenvalue weighted by Gasteiger charge is -2.37. The number of nitrogens with zero attached hydrogens (tertiary/aromatic N) is 2. The van der Waals surface area contributed by atoms with Gasteiger partial charge in [-0.3, -0.25) is 0 Å². The lowest BCUT2D eigenvalue weighted by atomic mass is 9.75. The van der Waals surface area contributed by atoms with Crippen molar-refractivity contribution in [2.45, 2.75) is 51.5 Å². The summed E-state index contributed by atoms with van der Waals surface area (Å²) in [5, 5.41) is 12.3. The van der Waals surface area contributed by atoms with Crippen LogP contribution in [-0.4, -0.2) is 36.0 Å². The zero-order valence-corrected chi connectivity index (χ0v) is 14.2. The van der Waals surface area contributed by atoms with Crippen LogP contribution in [0.5, 0.6) is 0 Å². The molecule has 122 valence electrons. The first kappa shape index (κ1) is 17.0. The van der Waals surface area contributed by atoms with Crippen molar-refractivity contribution in [2.75, 3.05) is 14.1 Å². The van der Waals surface area contributed by atoms with E-state index in [0.717, 1.165) is 30.9 Å². The molecule has 1 unspecified atom stereocenters. The van der Waals surface area contributed by atoms with Gasteiger partial charge in [-0.05, 0) is 71.0 Å². The Labute approximate surface area is 135 Å². The van der Waals surface area contributed by atoms with Gasteiger partial charge in [0.05, 0.1) is 5.71 Å². The fourth-order valence-corrected chi connectivity index (χ4v) is 3.88. The zero-order chi connectivity index (χ0) is 15.9. The molecule has 0 aromatic heterocycles. The van der Waals surface area contributed by atoms with Gasteiger partial charge in [-0.15, -0.1) is 0 Å². The van der Waals surface area contributed by atoms with Crippen molar-refractivity contribution in [2.24, 2.45) is 17.0 Å². The van der Waals surface area contributed by atoms with Gasteiger partial charge in [0.25, 0.3) is 0 Å². The highest BCUT2D eigenvalue weighted by atomic mass is 16.4. The molecule has 0 radical (unpaired) electrons. The molecule has 1 N–H and O–H groups in total. The van der Waals surface area contributed by atoms with Gasteiger partial charge in [-0.2, -0.15) is 0 Å². The summed E-state index contributed by atoms with van der Waals surface area (Å²) in [5.74, 6) is 1.25. The van der Waals surface area contributed by atoms with E-state index in [1.165, 1.54) is 24.8 Å². The number of hydrogen-bond donors (Lipinski definition) is 1. The third kappa shape index (κ3) is 4.57. The molecule has 22 heavy (non-hydrogen) atoms. The van der Waals surface area contributed by atoms with E-state index >= 15 is 0 Å². The van der Waals surface area contributed by atoms with E-state index in [9.17, 15) is 0 Å². The lowest BCUT2D eigenvalue weighted by molar-refractivity contribution is 0.151. The third-order valence-electron chi connectivity index (χ3n) is 5.30. The zero-order valence-electron chi connectivity index (χ0n) is 14.2. The molecule has 1 aromatic rings. The van der Waals surface area contributed by atoms with Gasteiger partial charge in [0, 0.05) is 12.0 Å². The van der Waals surface area contributed by atoms with Gasteiger partial charge in [0.15, 0.2) is 0 Å². The minimum Gasteiger partial charge on any atom is -0.411 e. The molecule has 0 bridgehead atoms. The molecular weight excluding hydrogens is 272 g/mol. The van der Waals surface area contributed by atoms with Gasteiger partial charge in [0.1, 0.15) is 0 Å². The summed E-state index contributed by atoms with van der Waals surface area (Å²) in [6.07, 6.45) is 7.19. The summed E-state index contributed by atoms with van der Waals surface area (Å²) >= 11 is 0. The fraction of sp³-hybridized carbons (Fsp3) is 0.632. The Balaban J connectivity index is 1.89. The van der Waals surface area contributed by atoms with Crippen LogP contribution in [0.1, 0.15) is 44.6 Å². The maximum Gasteiger partial charge on any atom is 0.0570 e. The Hall–Kier alpha value is -1.35. The predicted octanol–water partition coefficient (Wildman–Crippen LogP) is 4.21. The SMILES string of the molecule is CC(=NO)C1CCC(C(CCc2ccccc2)N(C)C)CC1. The maximum absolute atomic E-state index is 8.94. The van der Waals surface area contributed by atoms with Crippen molar-refractivity contribution in [1.29, 1.82) is 0 Å². The van der Waals surface area contributed by atoms with Gasteiger partial charge < -0.3 is 10.1 Å². The average Bonchev–Trinajstić information content (AvgIpc) is 2.55. The first-order chi connectivity index (χ1) is 10.6. The van der Waals surface area contributed by atoms with E-state index in [2.05, 4.69) is 54.5 Å². The molecule has 1 atom stereocenters. The third-order valence-corrected chi connectivity index (χ3v) is 5.30. The number of benzene rings is 1. The molecule has 1 aliphatic rings. The van der Waals surface area contributed by atoms with Crippen LogP contribution in [0.3, 0.4) is 0 Å². The van der Waals surface area contributed by atoms with E-state index in [-0.39, 0.29) is 0 Å². The van der Waals surface area contributed by atoms with E-state index in [1.807, 2.05) is 6.92 Å². The molecule has 0 aliphatic heterocycles. The van der Waals surface area contributed by atoms with Gasteiger partial charge >= 0.3 is 0 Å². The molecule has 0 spiro atoms. The van der Waals surface area contributed by atoms with Crippen LogP contribution in [-0.2, 0) is 6.42 Å². The van der Waals surface area contributed by atoms with Gasteiger partial charge in [-0.25, -0.2) is 0 Å².